The van der Waals surface area contributed by atoms with Crippen LogP contribution in [0.3, 0.4) is 0 Å². The van der Waals surface area contributed by atoms with Gasteiger partial charge in [0.15, 0.2) is 0 Å². The van der Waals surface area contributed by atoms with Crippen LogP contribution < -0.4 is 0 Å². The van der Waals surface area contributed by atoms with Crippen LogP contribution in [0, 0.1) is 6.92 Å². The molecule has 1 heterocycles. The monoisotopic (exact) mass is 245 g/mol. The summed E-state index contributed by atoms with van der Waals surface area (Å²) in [5.41, 5.74) is 2.21. The van der Waals surface area contributed by atoms with Crippen molar-refractivity contribution in [3.05, 3.63) is 57.8 Å². The molecule has 17 heavy (non-hydrogen) atoms. The van der Waals surface area contributed by atoms with Gasteiger partial charge in [0.25, 0.3) is 5.91 Å². The number of amides is 1. The van der Waals surface area contributed by atoms with Crippen LogP contribution in [-0.4, -0.2) is 17.9 Å². The van der Waals surface area contributed by atoms with Gasteiger partial charge in [-0.2, -0.15) is 0 Å². The molecule has 2 rings (SSSR count). The maximum Gasteiger partial charge on any atom is 0.264 e. The highest BCUT2D eigenvalue weighted by molar-refractivity contribution is 7.12. The molecule has 3 heteroatoms. The number of carbonyl (C=O) groups is 1. The minimum atomic E-state index is 0.0985. The average molecular weight is 245 g/mol. The standard InChI is InChI=1S/C14H15NOS/c1-11-8-9-17-13(11)14(16)15(2)10-12-6-4-3-5-7-12/h3-9H,10H2,1-2H3. The first-order valence-corrected chi connectivity index (χ1v) is 6.40. The molecule has 0 aliphatic carbocycles. The van der Waals surface area contributed by atoms with Gasteiger partial charge >= 0.3 is 0 Å². The summed E-state index contributed by atoms with van der Waals surface area (Å²) in [6, 6.07) is 12.0. The van der Waals surface area contributed by atoms with E-state index in [-0.39, 0.29) is 5.91 Å². The van der Waals surface area contributed by atoms with Crippen molar-refractivity contribution in [1.29, 1.82) is 0 Å². The normalized spacial score (nSPS) is 10.2. The lowest BCUT2D eigenvalue weighted by molar-refractivity contribution is 0.0789. The molecule has 2 aromatic rings. The average Bonchev–Trinajstić information content (AvgIpc) is 2.76. The molecule has 2 nitrogen and oxygen atoms in total. The number of carbonyl (C=O) groups excluding carboxylic acids is 1. The predicted molar refractivity (Wildman–Crippen MR) is 71.3 cm³/mol. The van der Waals surface area contributed by atoms with Gasteiger partial charge in [0.05, 0.1) is 4.88 Å². The predicted octanol–water partition coefficient (Wildman–Crippen LogP) is 3.33. The van der Waals surface area contributed by atoms with Crippen molar-refractivity contribution in [3.63, 3.8) is 0 Å². The quantitative estimate of drug-likeness (QED) is 0.812. The third kappa shape index (κ3) is 2.74. The second kappa shape index (κ2) is 5.15. The van der Waals surface area contributed by atoms with Gasteiger partial charge in [-0.15, -0.1) is 11.3 Å². The van der Waals surface area contributed by atoms with E-state index in [1.165, 1.54) is 11.3 Å². The number of thiophene rings is 1. The van der Waals surface area contributed by atoms with Crippen LogP contribution in [0.2, 0.25) is 0 Å². The molecule has 1 aromatic heterocycles. The van der Waals surface area contributed by atoms with Crippen LogP contribution in [-0.2, 0) is 6.54 Å². The summed E-state index contributed by atoms with van der Waals surface area (Å²) >= 11 is 1.51. The van der Waals surface area contributed by atoms with E-state index < -0.39 is 0 Å². The molecule has 0 aliphatic rings. The molecule has 0 N–H and O–H groups in total. The van der Waals surface area contributed by atoms with Crippen molar-refractivity contribution in [2.45, 2.75) is 13.5 Å². The highest BCUT2D eigenvalue weighted by Crippen LogP contribution is 2.18. The van der Waals surface area contributed by atoms with Gasteiger partial charge in [-0.1, -0.05) is 30.3 Å². The first kappa shape index (κ1) is 11.9. The van der Waals surface area contributed by atoms with Crippen LogP contribution in [0.5, 0.6) is 0 Å². The summed E-state index contributed by atoms with van der Waals surface area (Å²) in [6.45, 7) is 2.62. The third-order valence-electron chi connectivity index (χ3n) is 2.67. The first-order valence-electron chi connectivity index (χ1n) is 5.52. The number of benzene rings is 1. The molecule has 0 aliphatic heterocycles. The van der Waals surface area contributed by atoms with Crippen molar-refractivity contribution in [2.75, 3.05) is 7.05 Å². The van der Waals surface area contributed by atoms with E-state index in [9.17, 15) is 4.79 Å². The molecule has 0 saturated heterocycles. The van der Waals surface area contributed by atoms with Crippen LogP contribution in [0.1, 0.15) is 20.8 Å². The minimum Gasteiger partial charge on any atom is -0.337 e. The Labute approximate surface area is 106 Å². The molecule has 0 spiro atoms. The highest BCUT2D eigenvalue weighted by atomic mass is 32.1. The summed E-state index contributed by atoms with van der Waals surface area (Å²) < 4.78 is 0. The zero-order valence-corrected chi connectivity index (χ0v) is 10.8. The summed E-state index contributed by atoms with van der Waals surface area (Å²) in [7, 11) is 1.84. The fourth-order valence-electron chi connectivity index (χ4n) is 1.69. The van der Waals surface area contributed by atoms with E-state index in [1.54, 1.807) is 4.90 Å². The zero-order valence-electron chi connectivity index (χ0n) is 10.0. The number of nitrogens with zero attached hydrogens (tertiary/aromatic N) is 1. The van der Waals surface area contributed by atoms with Crippen molar-refractivity contribution in [1.82, 2.24) is 4.90 Å². The third-order valence-corrected chi connectivity index (χ3v) is 3.67. The molecule has 0 fully saturated rings. The van der Waals surface area contributed by atoms with Crippen LogP contribution in [0.15, 0.2) is 41.8 Å². The van der Waals surface area contributed by atoms with Crippen LogP contribution >= 0.6 is 11.3 Å². The molecule has 0 bridgehead atoms. The number of aryl methyl sites for hydroxylation is 1. The Balaban J connectivity index is 2.09. The summed E-state index contributed by atoms with van der Waals surface area (Å²) in [4.78, 5) is 14.8. The van der Waals surface area contributed by atoms with Crippen molar-refractivity contribution in [3.8, 4) is 0 Å². The Kier molecular flexibility index (Phi) is 3.59. The van der Waals surface area contributed by atoms with E-state index >= 15 is 0 Å². The number of hydrogen-bond donors (Lipinski definition) is 0. The second-order valence-corrected chi connectivity index (χ2v) is 5.00. The second-order valence-electron chi connectivity index (χ2n) is 4.08. The maximum atomic E-state index is 12.2. The van der Waals surface area contributed by atoms with Gasteiger partial charge in [0, 0.05) is 13.6 Å². The Hall–Kier alpha value is -1.61. The molecule has 0 radical (unpaired) electrons. The molecular formula is C14H15NOS. The number of rotatable bonds is 3. The van der Waals surface area contributed by atoms with Gasteiger partial charge in [-0.3, -0.25) is 4.79 Å². The summed E-state index contributed by atoms with van der Waals surface area (Å²) in [5.74, 6) is 0.0985. The zero-order chi connectivity index (χ0) is 12.3. The van der Waals surface area contributed by atoms with E-state index in [2.05, 4.69) is 0 Å². The topological polar surface area (TPSA) is 20.3 Å². The van der Waals surface area contributed by atoms with Crippen LogP contribution in [0.4, 0.5) is 0 Å². The van der Waals surface area contributed by atoms with Gasteiger partial charge < -0.3 is 4.90 Å². The van der Waals surface area contributed by atoms with Crippen molar-refractivity contribution >= 4 is 17.2 Å². The number of hydrogen-bond acceptors (Lipinski definition) is 2. The molecule has 0 unspecified atom stereocenters. The molecule has 1 aromatic carbocycles. The van der Waals surface area contributed by atoms with Crippen molar-refractivity contribution < 1.29 is 4.79 Å². The summed E-state index contributed by atoms with van der Waals surface area (Å²) in [5, 5.41) is 1.96. The van der Waals surface area contributed by atoms with E-state index in [0.717, 1.165) is 16.0 Å². The Morgan fingerprint density at radius 2 is 1.94 bits per heavy atom. The van der Waals surface area contributed by atoms with E-state index in [0.29, 0.717) is 6.54 Å². The lowest BCUT2D eigenvalue weighted by Crippen LogP contribution is -2.25. The molecule has 0 atom stereocenters. The lowest BCUT2D eigenvalue weighted by atomic mass is 10.2. The Bertz CT molecular complexity index is 504. The largest absolute Gasteiger partial charge is 0.337 e. The molecule has 88 valence electrons. The Morgan fingerprint density at radius 3 is 2.53 bits per heavy atom. The highest BCUT2D eigenvalue weighted by Gasteiger charge is 2.15. The SMILES string of the molecule is Cc1ccsc1C(=O)N(C)Cc1ccccc1. The van der Waals surface area contributed by atoms with Crippen LogP contribution in [0.25, 0.3) is 0 Å². The summed E-state index contributed by atoms with van der Waals surface area (Å²) in [6.07, 6.45) is 0. The van der Waals surface area contributed by atoms with Gasteiger partial charge in [0.1, 0.15) is 0 Å². The lowest BCUT2D eigenvalue weighted by Gasteiger charge is -2.16. The van der Waals surface area contributed by atoms with Gasteiger partial charge in [-0.25, -0.2) is 0 Å². The maximum absolute atomic E-state index is 12.2. The van der Waals surface area contributed by atoms with Crippen molar-refractivity contribution in [2.24, 2.45) is 0 Å². The smallest absolute Gasteiger partial charge is 0.264 e. The fraction of sp³-hybridized carbons (Fsp3) is 0.214. The van der Waals surface area contributed by atoms with Gasteiger partial charge in [-0.05, 0) is 29.5 Å². The molecule has 0 saturated carbocycles. The van der Waals surface area contributed by atoms with Gasteiger partial charge in [0.2, 0.25) is 0 Å². The fourth-order valence-corrected chi connectivity index (χ4v) is 2.61. The Morgan fingerprint density at radius 1 is 1.24 bits per heavy atom. The molecular weight excluding hydrogens is 230 g/mol. The van der Waals surface area contributed by atoms with E-state index in [4.69, 9.17) is 0 Å². The first-order chi connectivity index (χ1) is 8.18. The van der Waals surface area contributed by atoms with E-state index in [1.807, 2.05) is 55.7 Å². The molecule has 1 amide bonds. The minimum absolute atomic E-state index is 0.0985.